The quantitative estimate of drug-likeness (QED) is 0.434. The second-order valence-electron chi connectivity index (χ2n) is 6.09. The van der Waals surface area contributed by atoms with Gasteiger partial charge in [-0.1, -0.05) is 54.6 Å². The molecular formula is C22H12N2O. The maximum absolute atomic E-state index is 9.70. The highest BCUT2D eigenvalue weighted by atomic mass is 16.3. The molecule has 3 heteroatoms. The molecule has 0 saturated carbocycles. The first kappa shape index (κ1) is 13.8. The molecule has 1 aliphatic carbocycles. The van der Waals surface area contributed by atoms with Crippen molar-refractivity contribution < 1.29 is 4.42 Å². The third kappa shape index (κ3) is 1.82. The number of benzene rings is 4. The predicted molar refractivity (Wildman–Crippen MR) is 97.5 cm³/mol. The number of nitrogens with one attached hydrogen (secondary N) is 1. The largest absolute Gasteiger partial charge is 0.456 e. The summed E-state index contributed by atoms with van der Waals surface area (Å²) in [6, 6.07) is 23.7. The smallest absolute Gasteiger partial charge is 0.136 e. The van der Waals surface area contributed by atoms with Crippen LogP contribution in [0.3, 0.4) is 0 Å². The van der Waals surface area contributed by atoms with Gasteiger partial charge in [0.25, 0.3) is 0 Å². The Hall–Kier alpha value is -3.64. The van der Waals surface area contributed by atoms with Crippen LogP contribution in [0, 0.1) is 16.7 Å². The molecular weight excluding hydrogens is 308 g/mol. The molecule has 0 unspecified atom stereocenters. The molecule has 2 aliphatic rings. The molecule has 0 fully saturated rings. The van der Waals surface area contributed by atoms with E-state index in [-0.39, 0.29) is 5.36 Å². The Kier molecular flexibility index (Phi) is 2.71. The van der Waals surface area contributed by atoms with E-state index in [2.05, 4.69) is 6.07 Å². The third-order valence-corrected chi connectivity index (χ3v) is 4.73. The van der Waals surface area contributed by atoms with E-state index in [1.807, 2.05) is 66.7 Å². The molecule has 3 aromatic carbocycles. The number of rotatable bonds is 1. The third-order valence-electron chi connectivity index (χ3n) is 4.73. The predicted octanol–water partition coefficient (Wildman–Crippen LogP) is 5.15. The second-order valence-corrected chi connectivity index (χ2v) is 6.09. The first-order chi connectivity index (χ1) is 12.3. The Balaban J connectivity index is 2.04. The summed E-state index contributed by atoms with van der Waals surface area (Å²) in [5, 5.41) is 21.3. The van der Waals surface area contributed by atoms with Gasteiger partial charge < -0.3 is 4.42 Å². The van der Waals surface area contributed by atoms with Gasteiger partial charge in [0, 0.05) is 27.5 Å². The zero-order valence-corrected chi connectivity index (χ0v) is 13.2. The molecule has 5 rings (SSSR count). The molecule has 1 N–H and O–H groups in total. The van der Waals surface area contributed by atoms with Gasteiger partial charge in [-0.3, -0.25) is 5.41 Å². The van der Waals surface area contributed by atoms with E-state index in [1.165, 1.54) is 0 Å². The summed E-state index contributed by atoms with van der Waals surface area (Å²) in [4.78, 5) is 0. The zero-order valence-electron chi connectivity index (χ0n) is 13.2. The molecule has 1 heterocycles. The van der Waals surface area contributed by atoms with Crippen LogP contribution in [0.5, 0.6) is 0 Å². The van der Waals surface area contributed by atoms with Gasteiger partial charge in [0.05, 0.1) is 10.9 Å². The molecule has 0 radical (unpaired) electrons. The van der Waals surface area contributed by atoms with E-state index < -0.39 is 0 Å². The van der Waals surface area contributed by atoms with Gasteiger partial charge in [0.1, 0.15) is 17.4 Å². The Bertz CT molecular complexity index is 1310. The molecule has 0 bridgehead atoms. The van der Waals surface area contributed by atoms with Crippen LogP contribution < -0.4 is 5.36 Å². The fourth-order valence-electron chi connectivity index (χ4n) is 3.60. The molecule has 1 aliphatic heterocycles. The zero-order chi connectivity index (χ0) is 17.0. The maximum atomic E-state index is 9.70. The van der Waals surface area contributed by atoms with Crippen molar-refractivity contribution in [2.24, 2.45) is 0 Å². The highest BCUT2D eigenvalue weighted by Gasteiger charge is 2.22. The number of nitrogens with zero attached hydrogens (tertiary/aromatic N) is 1. The van der Waals surface area contributed by atoms with Crippen molar-refractivity contribution in [2.75, 3.05) is 0 Å². The lowest BCUT2D eigenvalue weighted by Gasteiger charge is -2.17. The van der Waals surface area contributed by atoms with Gasteiger partial charge in [-0.05, 0) is 17.5 Å². The van der Waals surface area contributed by atoms with E-state index in [4.69, 9.17) is 9.83 Å². The first-order valence-electron chi connectivity index (χ1n) is 8.02. The summed E-state index contributed by atoms with van der Waals surface area (Å²) >= 11 is 0. The van der Waals surface area contributed by atoms with E-state index in [0.717, 1.165) is 38.4 Å². The van der Waals surface area contributed by atoms with E-state index in [1.54, 1.807) is 0 Å². The summed E-state index contributed by atoms with van der Waals surface area (Å²) in [6.07, 6.45) is 0. The molecule has 0 spiro atoms. The van der Waals surface area contributed by atoms with Gasteiger partial charge >= 0.3 is 0 Å². The van der Waals surface area contributed by atoms with Crippen LogP contribution in [0.2, 0.25) is 0 Å². The Morgan fingerprint density at radius 1 is 0.920 bits per heavy atom. The van der Waals surface area contributed by atoms with Crippen molar-refractivity contribution in [3.05, 3.63) is 77.7 Å². The van der Waals surface area contributed by atoms with Gasteiger partial charge in [-0.25, -0.2) is 0 Å². The Morgan fingerprint density at radius 3 is 2.56 bits per heavy atom. The lowest BCUT2D eigenvalue weighted by Crippen LogP contribution is -2.11. The van der Waals surface area contributed by atoms with Crippen molar-refractivity contribution in [1.82, 2.24) is 0 Å². The van der Waals surface area contributed by atoms with Crippen LogP contribution in [0.25, 0.3) is 44.2 Å². The molecule has 0 amide bonds. The van der Waals surface area contributed by atoms with E-state index in [0.29, 0.717) is 11.3 Å². The number of hydrogen-bond donors (Lipinski definition) is 1. The number of hydrogen-bond acceptors (Lipinski definition) is 3. The summed E-state index contributed by atoms with van der Waals surface area (Å²) in [7, 11) is 0. The SMILES string of the molecule is N#Cc1c2cc(-c3ccccc3)oc3ccc4cccc(c1=N)c4c3-2. The molecule has 0 atom stereocenters. The summed E-state index contributed by atoms with van der Waals surface area (Å²) in [5.41, 5.74) is 3.77. The summed E-state index contributed by atoms with van der Waals surface area (Å²) in [5.74, 6) is 0.697. The Labute approximate surface area is 143 Å². The molecule has 25 heavy (non-hydrogen) atoms. The average Bonchev–Trinajstić information content (AvgIpc) is 2.67. The van der Waals surface area contributed by atoms with Crippen molar-refractivity contribution in [3.63, 3.8) is 0 Å². The average molecular weight is 320 g/mol. The lowest BCUT2D eigenvalue weighted by atomic mass is 9.87. The second kappa shape index (κ2) is 4.93. The minimum Gasteiger partial charge on any atom is -0.456 e. The fourth-order valence-corrected chi connectivity index (χ4v) is 3.60. The molecule has 116 valence electrons. The molecule has 3 nitrogen and oxygen atoms in total. The highest BCUT2D eigenvalue weighted by molar-refractivity contribution is 6.15. The summed E-state index contributed by atoms with van der Waals surface area (Å²) < 4.78 is 6.16. The van der Waals surface area contributed by atoms with Gasteiger partial charge in [-0.2, -0.15) is 5.26 Å². The highest BCUT2D eigenvalue weighted by Crippen LogP contribution is 2.41. The fraction of sp³-hybridized carbons (Fsp3) is 0. The molecule has 0 saturated heterocycles. The topological polar surface area (TPSA) is 60.8 Å². The van der Waals surface area contributed by atoms with Crippen LogP contribution >= 0.6 is 0 Å². The van der Waals surface area contributed by atoms with Crippen LogP contribution in [0.15, 0.2) is 71.1 Å². The summed E-state index contributed by atoms with van der Waals surface area (Å²) in [6.45, 7) is 0. The lowest BCUT2D eigenvalue weighted by molar-refractivity contribution is 0.617. The van der Waals surface area contributed by atoms with Gasteiger partial charge in [0.2, 0.25) is 0 Å². The van der Waals surface area contributed by atoms with Crippen LogP contribution in [-0.4, -0.2) is 0 Å². The minimum atomic E-state index is 0.276. The van der Waals surface area contributed by atoms with Crippen molar-refractivity contribution in [3.8, 4) is 28.5 Å². The maximum Gasteiger partial charge on any atom is 0.136 e. The Morgan fingerprint density at radius 2 is 1.76 bits per heavy atom. The monoisotopic (exact) mass is 320 g/mol. The standard InChI is InChI=1S/C22H12N2O/c23-12-17-16-11-19(13-5-2-1-3-6-13)25-18-10-9-14-7-4-8-15(22(17)24)20(14)21(16)18/h1-11,24H. The van der Waals surface area contributed by atoms with Crippen molar-refractivity contribution >= 4 is 21.7 Å². The van der Waals surface area contributed by atoms with Gasteiger partial charge in [-0.15, -0.1) is 0 Å². The number of nitriles is 1. The minimum absolute atomic E-state index is 0.276. The van der Waals surface area contributed by atoms with Crippen LogP contribution in [0.4, 0.5) is 0 Å². The van der Waals surface area contributed by atoms with Crippen LogP contribution in [0.1, 0.15) is 5.56 Å². The van der Waals surface area contributed by atoms with E-state index >= 15 is 0 Å². The molecule has 0 aromatic heterocycles. The van der Waals surface area contributed by atoms with Crippen molar-refractivity contribution in [1.29, 1.82) is 10.7 Å². The van der Waals surface area contributed by atoms with Crippen molar-refractivity contribution in [2.45, 2.75) is 0 Å². The normalized spacial score (nSPS) is 11.3. The first-order valence-corrected chi connectivity index (χ1v) is 8.02. The van der Waals surface area contributed by atoms with Gasteiger partial charge in [0.15, 0.2) is 0 Å². The van der Waals surface area contributed by atoms with E-state index in [9.17, 15) is 5.26 Å². The molecule has 3 aromatic rings. The van der Waals surface area contributed by atoms with Crippen LogP contribution in [-0.2, 0) is 0 Å².